The zero-order valence-corrected chi connectivity index (χ0v) is 19.0. The Morgan fingerprint density at radius 3 is 2.41 bits per heavy atom. The summed E-state index contributed by atoms with van der Waals surface area (Å²) in [6.07, 6.45) is 2.24. The molecule has 2 N–H and O–H groups in total. The van der Waals surface area contributed by atoms with Crippen LogP contribution in [0.25, 0.3) is 11.1 Å². The standard InChI is InChI=1S/C27H28O4S/c1-2-32(29,30)25-10-7-20(8-11-25)21-5-3-4-19(14-21)15-26(28)27(12-13-27)24-9-6-22-17-31-18-23(22)16-24/h3-11,14,16,29-30H,2,12-13,15,17-18H2,1H3. The fourth-order valence-electron chi connectivity index (χ4n) is 4.57. The van der Waals surface area contributed by atoms with E-state index < -0.39 is 10.6 Å². The van der Waals surface area contributed by atoms with Crippen LogP contribution in [0.2, 0.25) is 0 Å². The SMILES string of the molecule is CCS(O)(O)c1ccc(-c2cccc(CC(=O)C3(c4ccc5c(c4)COC5)CC3)c2)cc1. The molecule has 1 heterocycles. The molecule has 3 aromatic rings. The van der Waals surface area contributed by atoms with Crippen molar-refractivity contribution in [2.45, 2.75) is 49.7 Å². The molecule has 0 saturated heterocycles. The minimum absolute atomic E-state index is 0.278. The highest BCUT2D eigenvalue weighted by atomic mass is 32.3. The number of rotatable bonds is 7. The largest absolute Gasteiger partial charge is 0.372 e. The van der Waals surface area contributed by atoms with Gasteiger partial charge in [0, 0.05) is 12.2 Å². The second-order valence-electron chi connectivity index (χ2n) is 8.84. The van der Waals surface area contributed by atoms with E-state index >= 15 is 0 Å². The van der Waals surface area contributed by atoms with Crippen LogP contribution < -0.4 is 0 Å². The molecule has 5 rings (SSSR count). The van der Waals surface area contributed by atoms with Gasteiger partial charge in [0.1, 0.15) is 5.78 Å². The van der Waals surface area contributed by atoms with E-state index in [1.165, 1.54) is 11.1 Å². The van der Waals surface area contributed by atoms with E-state index in [1.54, 1.807) is 19.1 Å². The summed E-state index contributed by atoms with van der Waals surface area (Å²) in [6.45, 7) is 3.08. The highest BCUT2D eigenvalue weighted by Gasteiger charge is 2.50. The van der Waals surface area contributed by atoms with Gasteiger partial charge in [0.25, 0.3) is 0 Å². The number of ether oxygens (including phenoxy) is 1. The minimum atomic E-state index is -2.71. The predicted molar refractivity (Wildman–Crippen MR) is 128 cm³/mol. The van der Waals surface area contributed by atoms with Crippen molar-refractivity contribution in [1.82, 2.24) is 0 Å². The molecule has 0 amide bonds. The maximum Gasteiger partial charge on any atom is 0.147 e. The summed E-state index contributed by atoms with van der Waals surface area (Å²) in [5.74, 6) is 0.587. The van der Waals surface area contributed by atoms with Crippen LogP contribution in [-0.2, 0) is 34.6 Å². The average Bonchev–Trinajstić information content (AvgIpc) is 3.50. The maximum absolute atomic E-state index is 13.3. The lowest BCUT2D eigenvalue weighted by Gasteiger charge is -2.30. The van der Waals surface area contributed by atoms with E-state index in [4.69, 9.17) is 4.74 Å². The van der Waals surface area contributed by atoms with Crippen molar-refractivity contribution in [2.75, 3.05) is 5.75 Å². The third kappa shape index (κ3) is 3.90. The zero-order chi connectivity index (χ0) is 22.3. The summed E-state index contributed by atoms with van der Waals surface area (Å²) in [5.41, 5.74) is 6.26. The Morgan fingerprint density at radius 1 is 0.938 bits per heavy atom. The zero-order valence-electron chi connectivity index (χ0n) is 18.2. The van der Waals surface area contributed by atoms with Crippen LogP contribution in [-0.4, -0.2) is 20.6 Å². The highest BCUT2D eigenvalue weighted by molar-refractivity contribution is 8.24. The number of carbonyl (C=O) groups is 1. The van der Waals surface area contributed by atoms with E-state index in [1.807, 2.05) is 30.3 Å². The number of Topliss-reactive ketones (excluding diaryl/α,β-unsaturated/α-hetero) is 1. The topological polar surface area (TPSA) is 66.8 Å². The summed E-state index contributed by atoms with van der Waals surface area (Å²) in [4.78, 5) is 13.9. The van der Waals surface area contributed by atoms with Gasteiger partial charge in [-0.05, 0) is 65.3 Å². The smallest absolute Gasteiger partial charge is 0.147 e. The molecule has 1 aliphatic heterocycles. The summed E-state index contributed by atoms with van der Waals surface area (Å²) in [6, 6.07) is 21.9. The average molecular weight is 449 g/mol. The van der Waals surface area contributed by atoms with Gasteiger partial charge in [-0.15, -0.1) is 0 Å². The van der Waals surface area contributed by atoms with Crippen molar-refractivity contribution in [1.29, 1.82) is 0 Å². The monoisotopic (exact) mass is 448 g/mol. The second-order valence-corrected chi connectivity index (χ2v) is 11.2. The number of benzene rings is 3. The molecule has 0 unspecified atom stereocenters. The lowest BCUT2D eigenvalue weighted by Crippen LogP contribution is -2.22. The Labute approximate surface area is 190 Å². The van der Waals surface area contributed by atoms with Crippen LogP contribution in [0.15, 0.2) is 71.6 Å². The Hall–Kier alpha value is -2.44. The number of carbonyl (C=O) groups excluding carboxylic acids is 1. The van der Waals surface area contributed by atoms with Gasteiger partial charge in [0.05, 0.1) is 23.5 Å². The lowest BCUT2D eigenvalue weighted by molar-refractivity contribution is -0.120. The van der Waals surface area contributed by atoms with Gasteiger partial charge in [-0.1, -0.05) is 54.6 Å². The van der Waals surface area contributed by atoms with Crippen LogP contribution in [0.1, 0.15) is 42.0 Å². The van der Waals surface area contributed by atoms with Crippen LogP contribution >= 0.6 is 10.6 Å². The van der Waals surface area contributed by atoms with Crippen molar-refractivity contribution < 1.29 is 18.6 Å². The molecule has 4 nitrogen and oxygen atoms in total. The van der Waals surface area contributed by atoms with E-state index in [0.29, 0.717) is 30.3 Å². The first-order chi connectivity index (χ1) is 15.4. The van der Waals surface area contributed by atoms with Gasteiger partial charge in [-0.3, -0.25) is 13.9 Å². The molecule has 0 atom stereocenters. The van der Waals surface area contributed by atoms with Crippen LogP contribution in [0.4, 0.5) is 0 Å². The summed E-state index contributed by atoms with van der Waals surface area (Å²) >= 11 is 0. The molecule has 5 heteroatoms. The second kappa shape index (κ2) is 8.16. The number of hydrogen-bond acceptors (Lipinski definition) is 4. The molecular weight excluding hydrogens is 420 g/mol. The molecule has 0 spiro atoms. The van der Waals surface area contributed by atoms with Crippen molar-refractivity contribution >= 4 is 16.4 Å². The fourth-order valence-corrected chi connectivity index (χ4v) is 5.48. The molecule has 1 fully saturated rings. The van der Waals surface area contributed by atoms with Gasteiger partial charge in [0.2, 0.25) is 0 Å². The molecular formula is C27H28O4S. The van der Waals surface area contributed by atoms with Gasteiger partial charge in [-0.2, -0.15) is 10.6 Å². The quantitative estimate of drug-likeness (QED) is 0.442. The van der Waals surface area contributed by atoms with Gasteiger partial charge in [-0.25, -0.2) is 0 Å². The molecule has 0 bridgehead atoms. The summed E-state index contributed by atoms with van der Waals surface area (Å²) in [7, 11) is -2.71. The normalized spacial score (nSPS) is 17.1. The number of ketones is 1. The third-order valence-electron chi connectivity index (χ3n) is 6.82. The molecule has 2 aliphatic rings. The first-order valence-corrected chi connectivity index (χ1v) is 12.8. The lowest BCUT2D eigenvalue weighted by atomic mass is 9.86. The Kier molecular flexibility index (Phi) is 5.46. The van der Waals surface area contributed by atoms with Gasteiger partial charge < -0.3 is 4.74 Å². The molecule has 1 aliphatic carbocycles. The van der Waals surface area contributed by atoms with Gasteiger partial charge in [0.15, 0.2) is 0 Å². The Bertz CT molecular complexity index is 1160. The van der Waals surface area contributed by atoms with E-state index in [0.717, 1.165) is 35.1 Å². The molecule has 0 radical (unpaired) electrons. The molecule has 1 saturated carbocycles. The first kappa shape index (κ1) is 21.4. The Morgan fingerprint density at radius 2 is 1.69 bits per heavy atom. The number of fused-ring (bicyclic) bond motifs is 1. The maximum atomic E-state index is 13.3. The number of hydrogen-bond donors (Lipinski definition) is 2. The fraction of sp³-hybridized carbons (Fsp3) is 0.296. The summed E-state index contributed by atoms with van der Waals surface area (Å²) < 4.78 is 25.8. The minimum Gasteiger partial charge on any atom is -0.372 e. The van der Waals surface area contributed by atoms with Crippen molar-refractivity contribution in [3.8, 4) is 11.1 Å². The van der Waals surface area contributed by atoms with Crippen molar-refractivity contribution in [3.63, 3.8) is 0 Å². The predicted octanol–water partition coefficient (Wildman–Crippen LogP) is 6.36. The van der Waals surface area contributed by atoms with Crippen molar-refractivity contribution in [2.24, 2.45) is 0 Å². The van der Waals surface area contributed by atoms with Crippen LogP contribution in [0.5, 0.6) is 0 Å². The van der Waals surface area contributed by atoms with Crippen LogP contribution in [0.3, 0.4) is 0 Å². The van der Waals surface area contributed by atoms with E-state index in [2.05, 4.69) is 24.3 Å². The van der Waals surface area contributed by atoms with Crippen LogP contribution in [0, 0.1) is 0 Å². The van der Waals surface area contributed by atoms with Gasteiger partial charge >= 0.3 is 0 Å². The third-order valence-corrected chi connectivity index (χ3v) is 8.65. The highest BCUT2D eigenvalue weighted by Crippen LogP contribution is 2.50. The molecule has 3 aromatic carbocycles. The Balaban J connectivity index is 1.35. The van der Waals surface area contributed by atoms with Crippen molar-refractivity contribution in [3.05, 3.63) is 89.0 Å². The molecule has 32 heavy (non-hydrogen) atoms. The van der Waals surface area contributed by atoms with E-state index in [9.17, 15) is 13.9 Å². The first-order valence-electron chi connectivity index (χ1n) is 11.1. The molecule has 166 valence electrons. The van der Waals surface area contributed by atoms with E-state index in [-0.39, 0.29) is 11.2 Å². The molecule has 0 aromatic heterocycles. The summed E-state index contributed by atoms with van der Waals surface area (Å²) in [5, 5.41) is 0.